The van der Waals surface area contributed by atoms with Gasteiger partial charge in [0, 0.05) is 0 Å². The maximum absolute atomic E-state index is 11.9. The van der Waals surface area contributed by atoms with Crippen LogP contribution in [0.4, 0.5) is 0 Å². The first-order chi connectivity index (χ1) is 9.56. The van der Waals surface area contributed by atoms with Crippen LogP contribution in [0.3, 0.4) is 0 Å². The van der Waals surface area contributed by atoms with E-state index in [0.717, 1.165) is 0 Å². The molecule has 0 saturated carbocycles. The summed E-state index contributed by atoms with van der Waals surface area (Å²) in [5, 5.41) is -0.00671. The minimum Gasteiger partial charge on any atom is -0.465 e. The van der Waals surface area contributed by atoms with Gasteiger partial charge in [0.2, 0.25) is 0 Å². The predicted octanol–water partition coefficient (Wildman–Crippen LogP) is 2.56. The fourth-order valence-corrected chi connectivity index (χ4v) is 2.87. The Morgan fingerprint density at radius 2 is 1.85 bits per heavy atom. The molecule has 0 bridgehead atoms. The molecule has 0 aliphatic rings. The number of esters is 1. The number of hydrogen-bond donors (Lipinski definition) is 1. The van der Waals surface area contributed by atoms with Crippen molar-refractivity contribution in [2.24, 2.45) is 0 Å². The van der Waals surface area contributed by atoms with Crippen molar-refractivity contribution in [2.75, 3.05) is 7.11 Å². The zero-order valence-corrected chi connectivity index (χ0v) is 12.1. The minimum atomic E-state index is -3.02. The Morgan fingerprint density at radius 1 is 1.20 bits per heavy atom. The third-order valence-corrected chi connectivity index (χ3v) is 4.01. The smallest absolute Gasteiger partial charge is 0.339 e. The number of thiol groups is 1. The molecular formula is C14H10ClO4S. The Morgan fingerprint density at radius 3 is 2.40 bits per heavy atom. The van der Waals surface area contributed by atoms with Gasteiger partial charge in [0.05, 0.1) is 22.6 Å². The van der Waals surface area contributed by atoms with E-state index in [1.54, 1.807) is 30.3 Å². The first-order valence-corrected chi connectivity index (χ1v) is 7.13. The lowest BCUT2D eigenvalue weighted by Crippen LogP contribution is -2.08. The first kappa shape index (κ1) is 14.6. The van der Waals surface area contributed by atoms with Gasteiger partial charge in [-0.15, -0.1) is 0 Å². The number of ether oxygens (including phenoxy) is 1. The van der Waals surface area contributed by atoms with Crippen molar-refractivity contribution in [1.82, 2.24) is 0 Å². The van der Waals surface area contributed by atoms with Crippen molar-refractivity contribution >= 4 is 28.3 Å². The van der Waals surface area contributed by atoms with Crippen LogP contribution in [-0.2, 0) is 15.4 Å². The number of hydrogen-bond acceptors (Lipinski definition) is 4. The van der Waals surface area contributed by atoms with Crippen LogP contribution in [0.15, 0.2) is 41.3 Å². The maximum atomic E-state index is 11.9. The zero-order chi connectivity index (χ0) is 14.7. The van der Waals surface area contributed by atoms with Crippen molar-refractivity contribution in [3.8, 4) is 11.1 Å². The Labute approximate surface area is 122 Å². The molecule has 0 aliphatic heterocycles. The van der Waals surface area contributed by atoms with Crippen LogP contribution < -0.4 is 0 Å². The maximum Gasteiger partial charge on any atom is 0.339 e. The van der Waals surface area contributed by atoms with Crippen molar-refractivity contribution in [2.45, 2.75) is 4.90 Å². The molecule has 0 saturated heterocycles. The van der Waals surface area contributed by atoms with Crippen molar-refractivity contribution < 1.29 is 17.9 Å². The molecule has 6 heteroatoms. The number of carbonyl (C=O) groups excluding carboxylic acids is 1. The number of methoxy groups -OCH3 is 1. The predicted molar refractivity (Wildman–Crippen MR) is 75.6 cm³/mol. The van der Waals surface area contributed by atoms with Gasteiger partial charge in [-0.1, -0.05) is 41.9 Å². The third kappa shape index (κ3) is 2.69. The summed E-state index contributed by atoms with van der Waals surface area (Å²) in [4.78, 5) is 11.7. The highest BCUT2D eigenvalue weighted by Gasteiger charge is 2.22. The highest BCUT2D eigenvalue weighted by Crippen LogP contribution is 2.32. The van der Waals surface area contributed by atoms with Crippen molar-refractivity contribution in [1.29, 1.82) is 0 Å². The fraction of sp³-hybridized carbons (Fsp3) is 0.0714. The van der Waals surface area contributed by atoms with Crippen LogP contribution in [0.2, 0.25) is 5.02 Å². The Bertz CT molecular complexity index is 715. The molecule has 4 nitrogen and oxygen atoms in total. The monoisotopic (exact) mass is 309 g/mol. The molecule has 0 amide bonds. The third-order valence-electron chi connectivity index (χ3n) is 2.73. The lowest BCUT2D eigenvalue weighted by Gasteiger charge is -2.11. The van der Waals surface area contributed by atoms with Gasteiger partial charge >= 0.3 is 5.97 Å². The highest BCUT2D eigenvalue weighted by atomic mass is 35.5. The lowest BCUT2D eigenvalue weighted by atomic mass is 9.99. The number of benzene rings is 2. The second-order valence-electron chi connectivity index (χ2n) is 3.86. The van der Waals surface area contributed by atoms with E-state index in [0.29, 0.717) is 11.1 Å². The normalized spacial score (nSPS) is 10.6. The molecule has 0 aliphatic carbocycles. The average Bonchev–Trinajstić information content (AvgIpc) is 2.46. The standard InChI is InChI=1S/C14H10ClO4S/c1-19-14(16)12-10(9-5-3-2-4-6-9)7-8-11(15)13(12)20(17)18/h3-8,20H,1H3. The Kier molecular flexibility index (Phi) is 4.42. The summed E-state index contributed by atoms with van der Waals surface area (Å²) in [5.74, 6) is -0.746. The number of rotatable bonds is 3. The van der Waals surface area contributed by atoms with E-state index >= 15 is 0 Å². The van der Waals surface area contributed by atoms with E-state index in [2.05, 4.69) is 10.8 Å². The summed E-state index contributed by atoms with van der Waals surface area (Å²) < 4.78 is 27.4. The van der Waals surface area contributed by atoms with E-state index in [1.807, 2.05) is 0 Å². The molecule has 2 rings (SSSR count). The van der Waals surface area contributed by atoms with Crippen LogP contribution in [-0.4, -0.2) is 21.5 Å². The topological polar surface area (TPSA) is 60.4 Å². The van der Waals surface area contributed by atoms with Gasteiger partial charge < -0.3 is 4.74 Å². The molecule has 2 aromatic rings. The lowest BCUT2D eigenvalue weighted by molar-refractivity contribution is 0.0597. The molecule has 0 spiro atoms. The van der Waals surface area contributed by atoms with Gasteiger partial charge in [0.15, 0.2) is 10.7 Å². The average molecular weight is 310 g/mol. The van der Waals surface area contributed by atoms with E-state index in [9.17, 15) is 13.2 Å². The fourth-order valence-electron chi connectivity index (χ4n) is 1.86. The Hall–Kier alpha value is -1.85. The van der Waals surface area contributed by atoms with Gasteiger partial charge in [0.1, 0.15) is 0 Å². The quantitative estimate of drug-likeness (QED) is 0.699. The van der Waals surface area contributed by atoms with Gasteiger partial charge in [-0.25, -0.2) is 13.2 Å². The summed E-state index contributed by atoms with van der Waals surface area (Å²) in [6.07, 6.45) is 0. The van der Waals surface area contributed by atoms with Crippen LogP contribution >= 0.6 is 11.6 Å². The molecule has 1 radical (unpaired) electrons. The van der Waals surface area contributed by atoms with Gasteiger partial charge in [-0.3, -0.25) is 0 Å². The Balaban J connectivity index is 2.82. The summed E-state index contributed by atoms with van der Waals surface area (Å²) in [5.41, 5.74) is 1.07. The molecule has 0 atom stereocenters. The van der Waals surface area contributed by atoms with E-state index in [4.69, 9.17) is 11.6 Å². The molecule has 103 valence electrons. The summed E-state index contributed by atoms with van der Waals surface area (Å²) in [7, 11) is -1.83. The molecular weight excluding hydrogens is 300 g/mol. The molecule has 0 aromatic heterocycles. The molecule has 2 aromatic carbocycles. The van der Waals surface area contributed by atoms with Crippen molar-refractivity contribution in [3.05, 3.63) is 53.1 Å². The number of halogens is 1. The first-order valence-electron chi connectivity index (χ1n) is 5.58. The van der Waals surface area contributed by atoms with Gasteiger partial charge in [0.25, 0.3) is 0 Å². The van der Waals surface area contributed by atoms with Crippen LogP contribution in [0.1, 0.15) is 10.4 Å². The van der Waals surface area contributed by atoms with Crippen LogP contribution in [0.25, 0.3) is 11.1 Å². The van der Waals surface area contributed by atoms with E-state index in [-0.39, 0.29) is 15.5 Å². The van der Waals surface area contributed by atoms with Crippen molar-refractivity contribution in [3.63, 3.8) is 0 Å². The zero-order valence-electron chi connectivity index (χ0n) is 10.4. The molecule has 0 unspecified atom stereocenters. The molecule has 0 fully saturated rings. The second-order valence-corrected chi connectivity index (χ2v) is 5.22. The highest BCUT2D eigenvalue weighted by molar-refractivity contribution is 7.72. The van der Waals surface area contributed by atoms with Gasteiger partial charge in [-0.05, 0) is 23.3 Å². The number of carbonyl (C=O) groups is 1. The second kappa shape index (κ2) is 6.07. The summed E-state index contributed by atoms with van der Waals surface area (Å²) >= 11 is 5.89. The van der Waals surface area contributed by atoms with Gasteiger partial charge in [-0.2, -0.15) is 0 Å². The molecule has 0 N–H and O–H groups in total. The van der Waals surface area contributed by atoms with E-state index in [1.165, 1.54) is 13.2 Å². The summed E-state index contributed by atoms with van der Waals surface area (Å²) in [6, 6.07) is 12.7. The van der Waals surface area contributed by atoms with Crippen LogP contribution in [0.5, 0.6) is 0 Å². The van der Waals surface area contributed by atoms with Crippen LogP contribution in [0, 0.1) is 6.07 Å². The summed E-state index contributed by atoms with van der Waals surface area (Å²) in [6.45, 7) is 0. The largest absolute Gasteiger partial charge is 0.465 e. The SMILES string of the molecule is COC(=O)c1c(-c2cc[c]cc2)ccc(Cl)c1[SH](=O)=O. The minimum absolute atomic E-state index is 0.00671. The molecule has 0 heterocycles. The molecule has 20 heavy (non-hydrogen) atoms. The van der Waals surface area contributed by atoms with E-state index < -0.39 is 16.7 Å².